The van der Waals surface area contributed by atoms with E-state index >= 15 is 0 Å². The molecule has 0 saturated heterocycles. The van der Waals surface area contributed by atoms with Gasteiger partial charge >= 0.3 is 5.97 Å². The number of carbonyl (C=O) groups excluding carboxylic acids is 1. The number of aliphatic hydroxyl groups is 1. The predicted octanol–water partition coefficient (Wildman–Crippen LogP) is 1.34. The summed E-state index contributed by atoms with van der Waals surface area (Å²) in [6.07, 6.45) is -1.20. The average Bonchev–Trinajstić information content (AvgIpc) is 2.36. The average molecular weight is 238 g/mol. The summed E-state index contributed by atoms with van der Waals surface area (Å²) in [7, 11) is 1.54. The zero-order valence-corrected chi connectivity index (χ0v) is 10.1. The largest absolute Gasteiger partial charge is 0.464 e. The number of benzene rings is 1. The minimum atomic E-state index is -1.20. The van der Waals surface area contributed by atoms with Crippen molar-refractivity contribution in [1.29, 1.82) is 0 Å². The third-order valence-electron chi connectivity index (χ3n) is 2.48. The lowest BCUT2D eigenvalue weighted by Crippen LogP contribution is -2.32. The van der Waals surface area contributed by atoms with Gasteiger partial charge in [0.25, 0.3) is 0 Å². The van der Waals surface area contributed by atoms with Gasteiger partial charge in [0.2, 0.25) is 0 Å². The fourth-order valence-corrected chi connectivity index (χ4v) is 1.64. The molecule has 0 radical (unpaired) electrons. The lowest BCUT2D eigenvalue weighted by molar-refractivity contribution is -0.155. The molecule has 1 aromatic rings. The van der Waals surface area contributed by atoms with Crippen LogP contribution in [-0.4, -0.2) is 37.5 Å². The fourth-order valence-electron chi connectivity index (χ4n) is 1.64. The Labute approximate surface area is 101 Å². The van der Waals surface area contributed by atoms with Crippen molar-refractivity contribution >= 4 is 5.97 Å². The normalized spacial score (nSPS) is 14.1. The van der Waals surface area contributed by atoms with Crippen molar-refractivity contribution in [3.63, 3.8) is 0 Å². The molecule has 0 bridgehead atoms. The number of rotatable bonds is 6. The smallest absolute Gasteiger partial charge is 0.335 e. The Bertz CT molecular complexity index is 337. The predicted molar refractivity (Wildman–Crippen MR) is 63.7 cm³/mol. The molecular weight excluding hydrogens is 220 g/mol. The molecule has 4 heteroatoms. The van der Waals surface area contributed by atoms with Crippen LogP contribution in [-0.2, 0) is 14.3 Å². The number of aliphatic hydroxyl groups excluding tert-OH is 1. The molecule has 2 unspecified atom stereocenters. The van der Waals surface area contributed by atoms with E-state index in [-0.39, 0.29) is 13.2 Å². The van der Waals surface area contributed by atoms with Crippen molar-refractivity contribution in [2.45, 2.75) is 18.9 Å². The van der Waals surface area contributed by atoms with Gasteiger partial charge in [0.15, 0.2) is 6.10 Å². The standard InChI is InChI=1S/C13H18O4/c1-3-17-13(15)12(14)11(9-16-2)10-7-5-4-6-8-10/h4-8,11-12,14H,3,9H2,1-2H3. The first-order chi connectivity index (χ1) is 8.20. The Kier molecular flexibility index (Phi) is 5.66. The van der Waals surface area contributed by atoms with Gasteiger partial charge in [-0.15, -0.1) is 0 Å². The summed E-state index contributed by atoms with van der Waals surface area (Å²) in [4.78, 5) is 11.5. The summed E-state index contributed by atoms with van der Waals surface area (Å²) < 4.78 is 9.85. The highest BCUT2D eigenvalue weighted by Gasteiger charge is 2.28. The zero-order valence-electron chi connectivity index (χ0n) is 10.1. The zero-order chi connectivity index (χ0) is 12.7. The number of ether oxygens (including phenoxy) is 2. The van der Waals surface area contributed by atoms with Gasteiger partial charge in [-0.2, -0.15) is 0 Å². The lowest BCUT2D eigenvalue weighted by Gasteiger charge is -2.21. The highest BCUT2D eigenvalue weighted by atomic mass is 16.5. The van der Waals surface area contributed by atoms with Gasteiger partial charge in [0.05, 0.1) is 13.2 Å². The first-order valence-electron chi connectivity index (χ1n) is 5.59. The Morgan fingerprint density at radius 1 is 1.35 bits per heavy atom. The molecule has 17 heavy (non-hydrogen) atoms. The summed E-state index contributed by atoms with van der Waals surface area (Å²) in [5.41, 5.74) is 0.856. The van der Waals surface area contributed by atoms with Crippen LogP contribution < -0.4 is 0 Å². The van der Waals surface area contributed by atoms with E-state index in [1.807, 2.05) is 30.3 Å². The third-order valence-corrected chi connectivity index (χ3v) is 2.48. The van der Waals surface area contributed by atoms with E-state index in [0.717, 1.165) is 5.56 Å². The van der Waals surface area contributed by atoms with Crippen molar-refractivity contribution in [1.82, 2.24) is 0 Å². The second-order valence-corrected chi connectivity index (χ2v) is 3.67. The van der Waals surface area contributed by atoms with Crippen LogP contribution in [0, 0.1) is 0 Å². The molecule has 1 aromatic carbocycles. The van der Waals surface area contributed by atoms with Gasteiger partial charge in [-0.1, -0.05) is 30.3 Å². The molecule has 0 heterocycles. The van der Waals surface area contributed by atoms with Crippen LogP contribution in [0.25, 0.3) is 0 Å². The summed E-state index contributed by atoms with van der Waals surface area (Å²) >= 11 is 0. The second kappa shape index (κ2) is 7.04. The molecule has 0 aliphatic heterocycles. The first kappa shape index (κ1) is 13.7. The second-order valence-electron chi connectivity index (χ2n) is 3.67. The van der Waals surface area contributed by atoms with Crippen molar-refractivity contribution in [2.24, 2.45) is 0 Å². The Hall–Kier alpha value is -1.39. The summed E-state index contributed by atoms with van der Waals surface area (Å²) in [5.74, 6) is -1.02. The number of methoxy groups -OCH3 is 1. The summed E-state index contributed by atoms with van der Waals surface area (Å²) in [5, 5.41) is 9.94. The van der Waals surface area contributed by atoms with Crippen LogP contribution in [0.4, 0.5) is 0 Å². The minimum Gasteiger partial charge on any atom is -0.464 e. The van der Waals surface area contributed by atoms with E-state index in [0.29, 0.717) is 0 Å². The van der Waals surface area contributed by atoms with Gasteiger partial charge < -0.3 is 14.6 Å². The molecule has 4 nitrogen and oxygen atoms in total. The number of esters is 1. The molecule has 2 atom stereocenters. The van der Waals surface area contributed by atoms with Gasteiger partial charge in [-0.25, -0.2) is 4.79 Å². The molecule has 0 spiro atoms. The molecule has 0 aliphatic rings. The van der Waals surface area contributed by atoms with Crippen LogP contribution in [0.5, 0.6) is 0 Å². The highest BCUT2D eigenvalue weighted by Crippen LogP contribution is 2.21. The van der Waals surface area contributed by atoms with Gasteiger partial charge in [0.1, 0.15) is 0 Å². The number of carbonyl (C=O) groups is 1. The minimum absolute atomic E-state index is 0.254. The van der Waals surface area contributed by atoms with Crippen molar-refractivity contribution < 1.29 is 19.4 Å². The van der Waals surface area contributed by atoms with E-state index < -0.39 is 18.0 Å². The third kappa shape index (κ3) is 3.84. The summed E-state index contributed by atoms with van der Waals surface area (Å²) in [6, 6.07) is 9.30. The highest BCUT2D eigenvalue weighted by molar-refractivity contribution is 5.75. The first-order valence-corrected chi connectivity index (χ1v) is 5.59. The van der Waals surface area contributed by atoms with Gasteiger partial charge in [0, 0.05) is 13.0 Å². The van der Waals surface area contributed by atoms with Gasteiger partial charge in [-0.05, 0) is 12.5 Å². The molecule has 0 aromatic heterocycles. The van der Waals surface area contributed by atoms with E-state index in [9.17, 15) is 9.90 Å². The molecule has 1 rings (SSSR count). The molecule has 94 valence electrons. The molecule has 0 fully saturated rings. The lowest BCUT2D eigenvalue weighted by atomic mass is 9.94. The van der Waals surface area contributed by atoms with E-state index in [4.69, 9.17) is 9.47 Å². The number of hydrogen-bond donors (Lipinski definition) is 1. The maximum Gasteiger partial charge on any atom is 0.335 e. The number of hydrogen-bond acceptors (Lipinski definition) is 4. The molecule has 0 amide bonds. The Morgan fingerprint density at radius 2 is 2.00 bits per heavy atom. The van der Waals surface area contributed by atoms with Crippen LogP contribution in [0.1, 0.15) is 18.4 Å². The van der Waals surface area contributed by atoms with Crippen LogP contribution in [0.3, 0.4) is 0 Å². The maximum atomic E-state index is 11.5. The molecule has 0 saturated carbocycles. The Morgan fingerprint density at radius 3 is 2.53 bits per heavy atom. The monoisotopic (exact) mass is 238 g/mol. The summed E-state index contributed by atoms with van der Waals surface area (Å²) in [6.45, 7) is 2.23. The van der Waals surface area contributed by atoms with E-state index in [2.05, 4.69) is 0 Å². The molecule has 0 aliphatic carbocycles. The van der Waals surface area contributed by atoms with Crippen molar-refractivity contribution in [3.8, 4) is 0 Å². The fraction of sp³-hybridized carbons (Fsp3) is 0.462. The van der Waals surface area contributed by atoms with E-state index in [1.165, 1.54) is 7.11 Å². The molecule has 1 N–H and O–H groups in total. The maximum absolute atomic E-state index is 11.5. The van der Waals surface area contributed by atoms with E-state index in [1.54, 1.807) is 6.92 Å². The Balaban J connectivity index is 2.82. The van der Waals surface area contributed by atoms with Gasteiger partial charge in [-0.3, -0.25) is 0 Å². The topological polar surface area (TPSA) is 55.8 Å². The van der Waals surface area contributed by atoms with Crippen LogP contribution >= 0.6 is 0 Å². The van der Waals surface area contributed by atoms with Crippen LogP contribution in [0.15, 0.2) is 30.3 Å². The quantitative estimate of drug-likeness (QED) is 0.760. The van der Waals surface area contributed by atoms with Crippen molar-refractivity contribution in [2.75, 3.05) is 20.3 Å². The van der Waals surface area contributed by atoms with Crippen molar-refractivity contribution in [3.05, 3.63) is 35.9 Å². The SMILES string of the molecule is CCOC(=O)C(O)C(COC)c1ccccc1. The molecular formula is C13H18O4. The van der Waals surface area contributed by atoms with Crippen LogP contribution in [0.2, 0.25) is 0 Å².